The van der Waals surface area contributed by atoms with Gasteiger partial charge in [0.05, 0.1) is 7.11 Å². The van der Waals surface area contributed by atoms with Crippen LogP contribution in [0.4, 0.5) is 10.1 Å². The van der Waals surface area contributed by atoms with E-state index in [1.807, 2.05) is 0 Å². The van der Waals surface area contributed by atoms with Crippen molar-refractivity contribution < 1.29 is 18.7 Å². The zero-order valence-corrected chi connectivity index (χ0v) is 12.8. The van der Waals surface area contributed by atoms with Crippen molar-refractivity contribution in [3.63, 3.8) is 0 Å². The second kappa shape index (κ2) is 6.58. The highest BCUT2D eigenvalue weighted by atomic mass is 79.9. The number of methoxy groups -OCH3 is 1. The molecule has 0 unspecified atom stereocenters. The van der Waals surface area contributed by atoms with Crippen LogP contribution in [0.3, 0.4) is 0 Å². The number of esters is 1. The summed E-state index contributed by atoms with van der Waals surface area (Å²) in [6.45, 7) is 0.0116. The molecule has 2 aromatic carbocycles. The van der Waals surface area contributed by atoms with Crippen molar-refractivity contribution in [2.24, 2.45) is 0 Å². The molecule has 4 nitrogen and oxygen atoms in total. The monoisotopic (exact) mass is 353 g/mol. The lowest BCUT2D eigenvalue weighted by molar-refractivity contribution is 0.0468. The van der Waals surface area contributed by atoms with Crippen LogP contribution in [-0.4, -0.2) is 13.1 Å². The molecular weight excluding hydrogens is 341 g/mol. The second-order valence-corrected chi connectivity index (χ2v) is 5.13. The van der Waals surface area contributed by atoms with Crippen LogP contribution in [0.1, 0.15) is 15.9 Å². The van der Waals surface area contributed by atoms with Gasteiger partial charge < -0.3 is 15.2 Å². The van der Waals surface area contributed by atoms with Crippen molar-refractivity contribution in [3.05, 3.63) is 57.8 Å². The highest BCUT2D eigenvalue weighted by Gasteiger charge is 2.15. The fourth-order valence-corrected chi connectivity index (χ4v) is 2.21. The first-order chi connectivity index (χ1) is 10.0. The third kappa shape index (κ3) is 3.72. The van der Waals surface area contributed by atoms with Gasteiger partial charge in [0.25, 0.3) is 0 Å². The Morgan fingerprint density at radius 2 is 2.05 bits per heavy atom. The number of nitrogen functional groups attached to an aromatic ring is 1. The molecule has 0 aromatic heterocycles. The van der Waals surface area contributed by atoms with Gasteiger partial charge in [0.2, 0.25) is 0 Å². The molecule has 0 radical (unpaired) electrons. The number of ether oxygens (including phenoxy) is 2. The summed E-state index contributed by atoms with van der Waals surface area (Å²) in [6, 6.07) is 8.87. The molecule has 0 bridgehead atoms. The summed E-state index contributed by atoms with van der Waals surface area (Å²) in [5, 5.41) is 0. The average molecular weight is 354 g/mol. The van der Waals surface area contributed by atoms with Crippen LogP contribution in [0.5, 0.6) is 5.75 Å². The van der Waals surface area contributed by atoms with Crippen LogP contribution in [0.15, 0.2) is 40.9 Å². The first kappa shape index (κ1) is 15.3. The molecular formula is C15H13BrFNO3. The molecule has 0 spiro atoms. The van der Waals surface area contributed by atoms with Crippen molar-refractivity contribution in [1.29, 1.82) is 0 Å². The maximum atomic E-state index is 13.0. The molecule has 0 atom stereocenters. The molecule has 0 amide bonds. The zero-order valence-electron chi connectivity index (χ0n) is 11.2. The van der Waals surface area contributed by atoms with Crippen LogP contribution in [0, 0.1) is 5.82 Å². The van der Waals surface area contributed by atoms with Gasteiger partial charge in [0.15, 0.2) is 0 Å². The van der Waals surface area contributed by atoms with E-state index in [1.165, 1.54) is 25.3 Å². The molecule has 2 N–H and O–H groups in total. The number of halogens is 2. The van der Waals surface area contributed by atoms with E-state index < -0.39 is 5.97 Å². The Balaban J connectivity index is 2.13. The number of hydrogen-bond donors (Lipinski definition) is 1. The summed E-state index contributed by atoms with van der Waals surface area (Å²) in [6.07, 6.45) is 0. The second-order valence-electron chi connectivity index (χ2n) is 4.27. The standard InChI is InChI=1S/C15H13BrFNO3/c1-20-14-5-4-11(18)7-12(14)15(19)21-8-9-2-3-10(17)6-13(9)16/h2-7H,8,18H2,1H3. The summed E-state index contributed by atoms with van der Waals surface area (Å²) < 4.78 is 23.8. The van der Waals surface area contributed by atoms with Crippen LogP contribution in [0.2, 0.25) is 0 Å². The number of benzene rings is 2. The lowest BCUT2D eigenvalue weighted by Crippen LogP contribution is -2.08. The molecule has 0 aliphatic carbocycles. The van der Waals surface area contributed by atoms with E-state index in [-0.39, 0.29) is 18.0 Å². The van der Waals surface area contributed by atoms with Gasteiger partial charge in [0.1, 0.15) is 23.7 Å². The molecule has 0 aliphatic heterocycles. The van der Waals surface area contributed by atoms with Gasteiger partial charge in [0, 0.05) is 15.7 Å². The minimum atomic E-state index is -0.560. The van der Waals surface area contributed by atoms with Crippen molar-refractivity contribution in [3.8, 4) is 5.75 Å². The smallest absolute Gasteiger partial charge is 0.342 e. The first-order valence-electron chi connectivity index (χ1n) is 6.06. The molecule has 2 aromatic rings. The predicted molar refractivity (Wildman–Crippen MR) is 80.6 cm³/mol. The van der Waals surface area contributed by atoms with E-state index in [2.05, 4.69) is 15.9 Å². The summed E-state index contributed by atoms with van der Waals surface area (Å²) >= 11 is 3.22. The van der Waals surface area contributed by atoms with Crippen LogP contribution in [-0.2, 0) is 11.3 Å². The minimum absolute atomic E-state index is 0.0116. The number of rotatable bonds is 4. The SMILES string of the molecule is COc1ccc(N)cc1C(=O)OCc1ccc(F)cc1Br. The Labute approximate surface area is 129 Å². The van der Waals surface area contributed by atoms with Gasteiger partial charge in [-0.25, -0.2) is 9.18 Å². The summed E-state index contributed by atoms with van der Waals surface area (Å²) in [4.78, 5) is 12.1. The molecule has 0 aliphatic rings. The zero-order chi connectivity index (χ0) is 15.4. The van der Waals surface area contributed by atoms with Crippen LogP contribution >= 0.6 is 15.9 Å². The number of carbonyl (C=O) groups is 1. The van der Waals surface area contributed by atoms with Crippen molar-refractivity contribution in [2.75, 3.05) is 12.8 Å². The van der Waals surface area contributed by atoms with Crippen LogP contribution in [0.25, 0.3) is 0 Å². The Morgan fingerprint density at radius 1 is 1.29 bits per heavy atom. The number of anilines is 1. The van der Waals surface area contributed by atoms with Crippen molar-refractivity contribution in [1.82, 2.24) is 0 Å². The lowest BCUT2D eigenvalue weighted by Gasteiger charge is -2.10. The Kier molecular flexibility index (Phi) is 4.80. The topological polar surface area (TPSA) is 61.5 Å². The number of hydrogen-bond acceptors (Lipinski definition) is 4. The average Bonchev–Trinajstić information content (AvgIpc) is 2.46. The molecule has 110 valence electrons. The first-order valence-corrected chi connectivity index (χ1v) is 6.85. The quantitative estimate of drug-likeness (QED) is 0.674. The lowest BCUT2D eigenvalue weighted by atomic mass is 10.2. The van der Waals surface area contributed by atoms with E-state index >= 15 is 0 Å². The van der Waals surface area contributed by atoms with Crippen molar-refractivity contribution in [2.45, 2.75) is 6.61 Å². The number of carbonyl (C=O) groups excluding carboxylic acids is 1. The predicted octanol–water partition coefficient (Wildman–Crippen LogP) is 3.54. The molecule has 0 saturated carbocycles. The fraction of sp³-hybridized carbons (Fsp3) is 0.133. The Hall–Kier alpha value is -2.08. The minimum Gasteiger partial charge on any atom is -0.496 e. The van der Waals surface area contributed by atoms with E-state index in [4.69, 9.17) is 15.2 Å². The third-order valence-corrected chi connectivity index (χ3v) is 3.56. The van der Waals surface area contributed by atoms with Gasteiger partial charge in [-0.15, -0.1) is 0 Å². The Morgan fingerprint density at radius 3 is 2.71 bits per heavy atom. The number of nitrogens with two attached hydrogens (primary N) is 1. The largest absolute Gasteiger partial charge is 0.496 e. The normalized spacial score (nSPS) is 10.2. The van der Waals surface area contributed by atoms with Gasteiger partial charge in [-0.2, -0.15) is 0 Å². The summed E-state index contributed by atoms with van der Waals surface area (Å²) in [5.41, 5.74) is 7.00. The molecule has 0 fully saturated rings. The Bertz CT molecular complexity index is 676. The molecule has 0 heterocycles. The molecule has 21 heavy (non-hydrogen) atoms. The van der Waals surface area contributed by atoms with Gasteiger partial charge in [-0.3, -0.25) is 0 Å². The summed E-state index contributed by atoms with van der Waals surface area (Å²) in [7, 11) is 1.46. The van der Waals surface area contributed by atoms with Gasteiger partial charge in [-0.1, -0.05) is 22.0 Å². The van der Waals surface area contributed by atoms with E-state index in [9.17, 15) is 9.18 Å². The highest BCUT2D eigenvalue weighted by Crippen LogP contribution is 2.23. The highest BCUT2D eigenvalue weighted by molar-refractivity contribution is 9.10. The van der Waals surface area contributed by atoms with Gasteiger partial charge >= 0.3 is 5.97 Å². The van der Waals surface area contributed by atoms with E-state index in [0.717, 1.165) is 0 Å². The maximum Gasteiger partial charge on any atom is 0.342 e. The van der Waals surface area contributed by atoms with E-state index in [1.54, 1.807) is 18.2 Å². The van der Waals surface area contributed by atoms with E-state index in [0.29, 0.717) is 21.5 Å². The van der Waals surface area contributed by atoms with Crippen LogP contribution < -0.4 is 10.5 Å². The third-order valence-electron chi connectivity index (χ3n) is 2.82. The maximum absolute atomic E-state index is 13.0. The summed E-state index contributed by atoms with van der Waals surface area (Å²) in [5.74, 6) is -0.544. The molecule has 2 rings (SSSR count). The molecule has 0 saturated heterocycles. The molecule has 6 heteroatoms. The van der Waals surface area contributed by atoms with Crippen molar-refractivity contribution >= 4 is 27.6 Å². The fourth-order valence-electron chi connectivity index (χ4n) is 1.74. The van der Waals surface area contributed by atoms with Gasteiger partial charge in [-0.05, 0) is 30.3 Å².